The van der Waals surface area contributed by atoms with Crippen LogP contribution in [-0.4, -0.2) is 39.2 Å². The first-order chi connectivity index (χ1) is 6.14. The van der Waals surface area contributed by atoms with Gasteiger partial charge < -0.3 is 0 Å². The van der Waals surface area contributed by atoms with Crippen molar-refractivity contribution >= 4 is 22.9 Å². The van der Waals surface area contributed by atoms with Gasteiger partial charge in [-0.15, -0.1) is 0 Å². The molecule has 0 aromatic carbocycles. The van der Waals surface area contributed by atoms with Crippen LogP contribution in [-0.2, 0) is 0 Å². The number of likely N-dealkylation sites (tertiary alicyclic amines) is 1. The van der Waals surface area contributed by atoms with Crippen LogP contribution in [0.1, 0.15) is 33.1 Å². The molecule has 2 aliphatic rings. The molecule has 0 radical (unpaired) electrons. The Bertz CT molecular complexity index is 195. The number of hydrogen-bond acceptors (Lipinski definition) is 2. The van der Waals surface area contributed by atoms with Crippen molar-refractivity contribution in [3.8, 4) is 0 Å². The van der Waals surface area contributed by atoms with E-state index in [2.05, 4.69) is 44.7 Å². The maximum absolute atomic E-state index is 2.62. The molecule has 1 atom stereocenters. The van der Waals surface area contributed by atoms with Gasteiger partial charge in [-0.2, -0.15) is 0 Å². The zero-order valence-corrected chi connectivity index (χ0v) is 10.7. The van der Waals surface area contributed by atoms with Crippen LogP contribution < -0.4 is 0 Å². The average molecular weight is 294 g/mol. The fraction of sp³-hybridized carbons (Fsp3) is 1.00. The van der Waals surface area contributed by atoms with E-state index in [1.807, 2.05) is 0 Å². The lowest BCUT2D eigenvalue weighted by Gasteiger charge is -2.31. The molecule has 2 nitrogen and oxygen atoms in total. The molecule has 2 heterocycles. The summed E-state index contributed by atoms with van der Waals surface area (Å²) in [6.45, 7) is 8.52. The van der Waals surface area contributed by atoms with E-state index >= 15 is 0 Å². The third-order valence-electron chi connectivity index (χ3n) is 3.60. The summed E-state index contributed by atoms with van der Waals surface area (Å²) in [7, 11) is 0. The third kappa shape index (κ3) is 1.75. The first kappa shape index (κ1) is 10.2. The second kappa shape index (κ2) is 3.66. The Morgan fingerprint density at radius 1 is 1.23 bits per heavy atom. The molecule has 13 heavy (non-hydrogen) atoms. The standard InChI is InChI=1S/C10H19IN2/c1-9(2)12-7-5-10(8-12)4-3-6-13(10)11/h9H,3-8H2,1-2H3. The van der Waals surface area contributed by atoms with Gasteiger partial charge in [0.05, 0.1) is 0 Å². The van der Waals surface area contributed by atoms with Gasteiger partial charge >= 0.3 is 0 Å². The average Bonchev–Trinajstić information content (AvgIpc) is 2.63. The van der Waals surface area contributed by atoms with Gasteiger partial charge in [0.2, 0.25) is 0 Å². The lowest BCUT2D eigenvalue weighted by Crippen LogP contribution is -2.41. The molecule has 0 amide bonds. The molecule has 2 rings (SSSR count). The predicted octanol–water partition coefficient (Wildman–Crippen LogP) is 2.29. The van der Waals surface area contributed by atoms with Gasteiger partial charge in [0.15, 0.2) is 0 Å². The van der Waals surface area contributed by atoms with Crippen molar-refractivity contribution < 1.29 is 0 Å². The molecule has 0 bridgehead atoms. The molecule has 0 aromatic rings. The van der Waals surface area contributed by atoms with Crippen molar-refractivity contribution in [3.05, 3.63) is 0 Å². The largest absolute Gasteiger partial charge is 0.299 e. The van der Waals surface area contributed by atoms with Crippen LogP contribution in [0.15, 0.2) is 0 Å². The summed E-state index contributed by atoms with van der Waals surface area (Å²) in [5.74, 6) is 0. The van der Waals surface area contributed by atoms with E-state index in [0.717, 1.165) is 6.04 Å². The van der Waals surface area contributed by atoms with Crippen molar-refractivity contribution in [3.63, 3.8) is 0 Å². The summed E-state index contributed by atoms with van der Waals surface area (Å²) in [6, 6.07) is 0.727. The molecule has 0 saturated carbocycles. The minimum absolute atomic E-state index is 0.546. The van der Waals surface area contributed by atoms with Crippen molar-refractivity contribution in [1.82, 2.24) is 8.01 Å². The minimum atomic E-state index is 0.546. The van der Waals surface area contributed by atoms with Gasteiger partial charge in [0.25, 0.3) is 0 Å². The van der Waals surface area contributed by atoms with Gasteiger partial charge in [-0.05, 0) is 33.1 Å². The Morgan fingerprint density at radius 3 is 2.46 bits per heavy atom. The van der Waals surface area contributed by atoms with Crippen LogP contribution in [0.5, 0.6) is 0 Å². The van der Waals surface area contributed by atoms with Crippen LogP contribution in [0.25, 0.3) is 0 Å². The van der Waals surface area contributed by atoms with Crippen molar-refractivity contribution in [2.75, 3.05) is 19.6 Å². The number of nitrogens with zero attached hydrogens (tertiary/aromatic N) is 2. The summed E-state index contributed by atoms with van der Waals surface area (Å²) in [5, 5.41) is 0. The highest BCUT2D eigenvalue weighted by atomic mass is 127. The van der Waals surface area contributed by atoms with Gasteiger partial charge in [0.1, 0.15) is 0 Å². The van der Waals surface area contributed by atoms with Gasteiger partial charge in [-0.25, -0.2) is 3.11 Å². The van der Waals surface area contributed by atoms with E-state index in [1.165, 1.54) is 38.9 Å². The first-order valence-electron chi connectivity index (χ1n) is 5.31. The molecule has 0 aliphatic carbocycles. The third-order valence-corrected chi connectivity index (χ3v) is 5.11. The predicted molar refractivity (Wildman–Crippen MR) is 64.0 cm³/mol. The van der Waals surface area contributed by atoms with Crippen LogP contribution in [0, 0.1) is 0 Å². The lowest BCUT2D eigenvalue weighted by molar-refractivity contribution is 0.224. The van der Waals surface area contributed by atoms with Crippen LogP contribution in [0.4, 0.5) is 0 Å². The molecule has 76 valence electrons. The number of rotatable bonds is 1. The normalized spacial score (nSPS) is 36.9. The van der Waals surface area contributed by atoms with Crippen LogP contribution in [0.2, 0.25) is 0 Å². The molecule has 0 N–H and O–H groups in total. The monoisotopic (exact) mass is 294 g/mol. The fourth-order valence-corrected chi connectivity index (χ4v) is 3.61. The van der Waals surface area contributed by atoms with Crippen molar-refractivity contribution in [1.29, 1.82) is 0 Å². The van der Waals surface area contributed by atoms with E-state index in [4.69, 9.17) is 0 Å². The van der Waals surface area contributed by atoms with Crippen LogP contribution in [0.3, 0.4) is 0 Å². The Kier molecular flexibility index (Phi) is 2.87. The zero-order chi connectivity index (χ0) is 9.47. The highest BCUT2D eigenvalue weighted by molar-refractivity contribution is 14.1. The van der Waals surface area contributed by atoms with Crippen molar-refractivity contribution in [2.45, 2.75) is 44.7 Å². The van der Waals surface area contributed by atoms with Gasteiger partial charge in [-0.1, -0.05) is 0 Å². The molecule has 3 heteroatoms. The highest BCUT2D eigenvalue weighted by Gasteiger charge is 2.45. The maximum Gasteiger partial charge on any atom is 0.0444 e. The molecule has 2 aliphatic heterocycles. The summed E-state index contributed by atoms with van der Waals surface area (Å²) in [6.07, 6.45) is 4.20. The molecule has 1 spiro atoms. The molecular weight excluding hydrogens is 275 g/mol. The Hall–Kier alpha value is 0.650. The van der Waals surface area contributed by atoms with E-state index in [1.54, 1.807) is 0 Å². The molecular formula is C10H19IN2. The van der Waals surface area contributed by atoms with E-state index < -0.39 is 0 Å². The highest BCUT2D eigenvalue weighted by Crippen LogP contribution is 2.40. The second-order valence-corrected chi connectivity index (χ2v) is 5.89. The smallest absolute Gasteiger partial charge is 0.0444 e. The minimum Gasteiger partial charge on any atom is -0.299 e. The molecule has 2 fully saturated rings. The zero-order valence-electron chi connectivity index (χ0n) is 8.59. The second-order valence-electron chi connectivity index (χ2n) is 4.73. The lowest BCUT2D eigenvalue weighted by atomic mass is 9.97. The topological polar surface area (TPSA) is 6.48 Å². The maximum atomic E-state index is 2.62. The van der Waals surface area contributed by atoms with Crippen LogP contribution >= 0.6 is 22.9 Å². The SMILES string of the molecule is CC(C)N1CCC2(CCCN2I)C1. The quantitative estimate of drug-likeness (QED) is 0.541. The van der Waals surface area contributed by atoms with Gasteiger partial charge in [0, 0.05) is 54.1 Å². The van der Waals surface area contributed by atoms with Crippen molar-refractivity contribution in [2.24, 2.45) is 0 Å². The Labute approximate surface area is 95.2 Å². The van der Waals surface area contributed by atoms with E-state index in [9.17, 15) is 0 Å². The molecule has 0 aromatic heterocycles. The Morgan fingerprint density at radius 2 is 2.00 bits per heavy atom. The number of halogens is 1. The van der Waals surface area contributed by atoms with E-state index in [0.29, 0.717) is 5.54 Å². The molecule has 2 saturated heterocycles. The first-order valence-corrected chi connectivity index (χ1v) is 6.28. The summed E-state index contributed by atoms with van der Waals surface area (Å²) >= 11 is 2.53. The number of hydrogen-bond donors (Lipinski definition) is 0. The Balaban J connectivity index is 2.03. The summed E-state index contributed by atoms with van der Waals surface area (Å²) in [5.41, 5.74) is 0.546. The summed E-state index contributed by atoms with van der Waals surface area (Å²) in [4.78, 5) is 2.62. The fourth-order valence-electron chi connectivity index (χ4n) is 2.64. The molecule has 1 unspecified atom stereocenters. The summed E-state index contributed by atoms with van der Waals surface area (Å²) < 4.78 is 2.56. The van der Waals surface area contributed by atoms with Gasteiger partial charge in [-0.3, -0.25) is 4.90 Å². The van der Waals surface area contributed by atoms with E-state index in [-0.39, 0.29) is 0 Å².